The van der Waals surface area contributed by atoms with E-state index in [2.05, 4.69) is 0 Å². The SMILES string of the molecule is Cl.Cl.N=C(N)c1ccc(CN)cc1C(F)(F)F. The van der Waals surface area contributed by atoms with Crippen molar-refractivity contribution in [3.8, 4) is 0 Å². The van der Waals surface area contributed by atoms with E-state index in [-0.39, 0.29) is 36.9 Å². The maximum Gasteiger partial charge on any atom is 0.417 e. The Morgan fingerprint density at radius 2 is 1.76 bits per heavy atom. The van der Waals surface area contributed by atoms with E-state index in [0.29, 0.717) is 5.56 Å². The molecule has 98 valence electrons. The van der Waals surface area contributed by atoms with Crippen LogP contribution >= 0.6 is 24.8 Å². The van der Waals surface area contributed by atoms with Gasteiger partial charge in [-0.05, 0) is 11.6 Å². The summed E-state index contributed by atoms with van der Waals surface area (Å²) < 4.78 is 37.6. The smallest absolute Gasteiger partial charge is 0.384 e. The predicted molar refractivity (Wildman–Crippen MR) is 64.8 cm³/mol. The average molecular weight is 290 g/mol. The van der Waals surface area contributed by atoms with Gasteiger partial charge in [0, 0.05) is 12.1 Å². The standard InChI is InChI=1S/C9H10F3N3.2ClH/c10-9(11,12)7-3-5(4-13)1-2-6(7)8(14)15;;/h1-3H,4,13H2,(H3,14,15);2*1H. The molecule has 0 aliphatic carbocycles. The number of nitrogens with two attached hydrogens (primary N) is 2. The van der Waals surface area contributed by atoms with Gasteiger partial charge in [0.2, 0.25) is 0 Å². The number of hydrogen-bond acceptors (Lipinski definition) is 2. The lowest BCUT2D eigenvalue weighted by Crippen LogP contribution is -2.19. The highest BCUT2D eigenvalue weighted by atomic mass is 35.5. The lowest BCUT2D eigenvalue weighted by atomic mass is 10.0. The Morgan fingerprint density at radius 3 is 2.12 bits per heavy atom. The van der Waals surface area contributed by atoms with Gasteiger partial charge in [0.05, 0.1) is 5.56 Å². The van der Waals surface area contributed by atoms with Gasteiger partial charge in [-0.25, -0.2) is 0 Å². The van der Waals surface area contributed by atoms with Gasteiger partial charge in [0.25, 0.3) is 0 Å². The van der Waals surface area contributed by atoms with E-state index in [0.717, 1.165) is 12.1 Å². The molecule has 0 unspecified atom stereocenters. The third kappa shape index (κ3) is 4.41. The lowest BCUT2D eigenvalue weighted by Gasteiger charge is -2.12. The van der Waals surface area contributed by atoms with E-state index in [1.807, 2.05) is 0 Å². The quantitative estimate of drug-likeness (QED) is 0.577. The molecule has 0 spiro atoms. The summed E-state index contributed by atoms with van der Waals surface area (Å²) in [5.41, 5.74) is 9.41. The maximum absolute atomic E-state index is 12.5. The highest BCUT2D eigenvalue weighted by molar-refractivity contribution is 5.96. The molecule has 0 saturated carbocycles. The van der Waals surface area contributed by atoms with Crippen LogP contribution in [-0.2, 0) is 12.7 Å². The summed E-state index contributed by atoms with van der Waals surface area (Å²) in [6.07, 6.45) is -4.52. The molecule has 0 aromatic heterocycles. The first kappa shape index (κ1) is 18.4. The fourth-order valence-corrected chi connectivity index (χ4v) is 1.19. The van der Waals surface area contributed by atoms with Crippen LogP contribution < -0.4 is 11.5 Å². The van der Waals surface area contributed by atoms with Crippen molar-refractivity contribution >= 4 is 30.6 Å². The van der Waals surface area contributed by atoms with Gasteiger partial charge >= 0.3 is 6.18 Å². The van der Waals surface area contributed by atoms with Crippen molar-refractivity contribution in [3.63, 3.8) is 0 Å². The number of amidine groups is 1. The molecule has 0 aliphatic heterocycles. The molecular weight excluding hydrogens is 278 g/mol. The first-order valence-electron chi connectivity index (χ1n) is 4.11. The Morgan fingerprint density at radius 1 is 1.24 bits per heavy atom. The monoisotopic (exact) mass is 289 g/mol. The van der Waals surface area contributed by atoms with E-state index in [9.17, 15) is 13.2 Å². The zero-order chi connectivity index (χ0) is 11.6. The normalized spacial score (nSPS) is 10.1. The third-order valence-corrected chi connectivity index (χ3v) is 1.92. The minimum atomic E-state index is -4.52. The molecule has 17 heavy (non-hydrogen) atoms. The minimum absolute atomic E-state index is 0. The number of benzene rings is 1. The van der Waals surface area contributed by atoms with Gasteiger partial charge < -0.3 is 11.5 Å². The fourth-order valence-electron chi connectivity index (χ4n) is 1.19. The maximum atomic E-state index is 12.5. The molecule has 0 saturated heterocycles. The lowest BCUT2D eigenvalue weighted by molar-refractivity contribution is -0.137. The predicted octanol–water partition coefficient (Wildman–Crippen LogP) is 2.29. The van der Waals surface area contributed by atoms with Crippen LogP contribution in [0.5, 0.6) is 0 Å². The summed E-state index contributed by atoms with van der Waals surface area (Å²) in [6, 6.07) is 3.50. The number of rotatable bonds is 2. The number of nitrogens with one attached hydrogen (secondary N) is 1. The van der Waals surface area contributed by atoms with Crippen LogP contribution in [0, 0.1) is 5.41 Å². The van der Waals surface area contributed by atoms with Crippen molar-refractivity contribution in [3.05, 3.63) is 34.9 Å². The second kappa shape index (κ2) is 6.68. The van der Waals surface area contributed by atoms with Crippen LogP contribution in [-0.4, -0.2) is 5.84 Å². The first-order valence-corrected chi connectivity index (χ1v) is 4.11. The van der Waals surface area contributed by atoms with E-state index in [1.54, 1.807) is 0 Å². The van der Waals surface area contributed by atoms with Gasteiger partial charge in [0.15, 0.2) is 0 Å². The highest BCUT2D eigenvalue weighted by Gasteiger charge is 2.34. The topological polar surface area (TPSA) is 75.9 Å². The minimum Gasteiger partial charge on any atom is -0.384 e. The molecule has 1 aromatic rings. The third-order valence-electron chi connectivity index (χ3n) is 1.92. The van der Waals surface area contributed by atoms with E-state index < -0.39 is 17.6 Å². The molecular formula is C9H12Cl2F3N3. The second-order valence-corrected chi connectivity index (χ2v) is 3.00. The molecule has 1 aromatic carbocycles. The molecule has 3 nitrogen and oxygen atoms in total. The Bertz CT molecular complexity index is 394. The van der Waals surface area contributed by atoms with Crippen molar-refractivity contribution in [1.82, 2.24) is 0 Å². The van der Waals surface area contributed by atoms with Crippen LogP contribution in [0.3, 0.4) is 0 Å². The van der Waals surface area contributed by atoms with Gasteiger partial charge in [-0.1, -0.05) is 12.1 Å². The molecule has 0 atom stereocenters. The molecule has 0 radical (unpaired) electrons. The van der Waals surface area contributed by atoms with Crippen molar-refractivity contribution in [1.29, 1.82) is 5.41 Å². The molecule has 8 heteroatoms. The number of hydrogen-bond donors (Lipinski definition) is 3. The Kier molecular flexibility index (Phi) is 7.23. The Hall–Kier alpha value is -0.980. The molecule has 0 amide bonds. The van der Waals surface area contributed by atoms with Crippen molar-refractivity contribution in [2.45, 2.75) is 12.7 Å². The van der Waals surface area contributed by atoms with Crippen LogP contribution in [0.1, 0.15) is 16.7 Å². The molecule has 0 heterocycles. The molecule has 0 bridgehead atoms. The van der Waals surface area contributed by atoms with Gasteiger partial charge in [0.1, 0.15) is 5.84 Å². The van der Waals surface area contributed by atoms with Crippen molar-refractivity contribution in [2.75, 3.05) is 0 Å². The van der Waals surface area contributed by atoms with E-state index in [4.69, 9.17) is 16.9 Å². The van der Waals surface area contributed by atoms with E-state index >= 15 is 0 Å². The molecule has 0 aliphatic rings. The summed E-state index contributed by atoms with van der Waals surface area (Å²) in [4.78, 5) is 0. The van der Waals surface area contributed by atoms with Crippen LogP contribution in [0.4, 0.5) is 13.2 Å². The van der Waals surface area contributed by atoms with Gasteiger partial charge in [-0.3, -0.25) is 5.41 Å². The van der Waals surface area contributed by atoms with Crippen LogP contribution in [0.25, 0.3) is 0 Å². The Labute approximate surface area is 109 Å². The van der Waals surface area contributed by atoms with E-state index in [1.165, 1.54) is 6.07 Å². The molecule has 1 rings (SSSR count). The number of alkyl halides is 3. The van der Waals surface area contributed by atoms with Gasteiger partial charge in [-0.2, -0.15) is 13.2 Å². The largest absolute Gasteiger partial charge is 0.417 e. The second-order valence-electron chi connectivity index (χ2n) is 3.00. The zero-order valence-corrected chi connectivity index (χ0v) is 10.2. The van der Waals surface area contributed by atoms with Crippen LogP contribution in [0.2, 0.25) is 0 Å². The Balaban J connectivity index is 0. The highest BCUT2D eigenvalue weighted by Crippen LogP contribution is 2.32. The number of nitrogen functional groups attached to an aromatic ring is 1. The average Bonchev–Trinajstić information content (AvgIpc) is 2.15. The first-order chi connectivity index (χ1) is 6.86. The van der Waals surface area contributed by atoms with Crippen molar-refractivity contribution < 1.29 is 13.2 Å². The summed E-state index contributed by atoms with van der Waals surface area (Å²) in [5, 5.41) is 7.03. The number of halogens is 5. The van der Waals surface area contributed by atoms with Crippen molar-refractivity contribution in [2.24, 2.45) is 11.5 Å². The fraction of sp³-hybridized carbons (Fsp3) is 0.222. The summed E-state index contributed by atoms with van der Waals surface area (Å²) in [6.45, 7) is 0.0151. The summed E-state index contributed by atoms with van der Waals surface area (Å²) >= 11 is 0. The van der Waals surface area contributed by atoms with Crippen LogP contribution in [0.15, 0.2) is 18.2 Å². The van der Waals surface area contributed by atoms with Gasteiger partial charge in [-0.15, -0.1) is 24.8 Å². The molecule has 0 fully saturated rings. The summed E-state index contributed by atoms with van der Waals surface area (Å²) in [7, 11) is 0. The zero-order valence-electron chi connectivity index (χ0n) is 8.54. The summed E-state index contributed by atoms with van der Waals surface area (Å²) in [5.74, 6) is -0.606. The molecule has 5 N–H and O–H groups in total.